The van der Waals surface area contributed by atoms with Gasteiger partial charge in [0.2, 0.25) is 0 Å². The van der Waals surface area contributed by atoms with Crippen LogP contribution in [-0.2, 0) is 4.74 Å². The minimum Gasteiger partial charge on any atom is -0.450 e. The van der Waals surface area contributed by atoms with E-state index in [9.17, 15) is 4.79 Å². The quantitative estimate of drug-likeness (QED) is 0.634. The van der Waals surface area contributed by atoms with Crippen molar-refractivity contribution in [2.75, 3.05) is 19.7 Å². The fourth-order valence-corrected chi connectivity index (χ4v) is 1.59. The third kappa shape index (κ3) is 2.30. The van der Waals surface area contributed by atoms with Crippen molar-refractivity contribution in [1.29, 1.82) is 0 Å². The molecule has 1 atom stereocenters. The lowest BCUT2D eigenvalue weighted by Gasteiger charge is -2.18. The van der Waals surface area contributed by atoms with Crippen molar-refractivity contribution >= 4 is 18.7 Å². The second-order valence-corrected chi connectivity index (χ2v) is 4.45. The van der Waals surface area contributed by atoms with Gasteiger partial charge in [-0.25, -0.2) is 4.79 Å². The van der Waals surface area contributed by atoms with Crippen molar-refractivity contribution in [3.8, 4) is 0 Å². The van der Waals surface area contributed by atoms with Crippen LogP contribution in [0.1, 0.15) is 20.3 Å². The minimum absolute atomic E-state index is 0.0350. The molecule has 70 valence electrons. The molecule has 1 saturated heterocycles. The van der Waals surface area contributed by atoms with Gasteiger partial charge in [0.25, 0.3) is 0 Å². The van der Waals surface area contributed by atoms with E-state index < -0.39 is 0 Å². The highest BCUT2D eigenvalue weighted by atomic mass is 32.1. The van der Waals surface area contributed by atoms with E-state index in [1.807, 2.05) is 13.8 Å². The summed E-state index contributed by atoms with van der Waals surface area (Å²) in [6.07, 6.45) is 0.727. The predicted molar refractivity (Wildman–Crippen MR) is 50.6 cm³/mol. The molecule has 3 nitrogen and oxygen atoms in total. The van der Waals surface area contributed by atoms with Crippen LogP contribution in [0.15, 0.2) is 0 Å². The number of likely N-dealkylation sites (tertiary alicyclic amines) is 1. The third-order valence-corrected chi connectivity index (χ3v) is 2.34. The molecule has 0 aromatic heterocycles. The van der Waals surface area contributed by atoms with Crippen molar-refractivity contribution in [2.45, 2.75) is 25.0 Å². The number of carbonyl (C=O) groups is 1. The van der Waals surface area contributed by atoms with E-state index in [1.54, 1.807) is 4.90 Å². The van der Waals surface area contributed by atoms with Gasteiger partial charge in [0.05, 0.1) is 6.61 Å². The van der Waals surface area contributed by atoms with Crippen LogP contribution in [0, 0.1) is 0 Å². The first-order chi connectivity index (χ1) is 5.55. The molecule has 0 radical (unpaired) electrons. The predicted octanol–water partition coefficient (Wildman–Crippen LogP) is 1.54. The first-order valence-electron chi connectivity index (χ1n) is 4.19. The molecular weight excluding hydrogens is 174 g/mol. The van der Waals surface area contributed by atoms with Crippen LogP contribution in [0.5, 0.6) is 0 Å². The summed E-state index contributed by atoms with van der Waals surface area (Å²) >= 11 is 4.42. The Morgan fingerprint density at radius 3 is 2.83 bits per heavy atom. The van der Waals surface area contributed by atoms with E-state index in [-0.39, 0.29) is 10.8 Å². The van der Waals surface area contributed by atoms with Gasteiger partial charge >= 0.3 is 6.09 Å². The molecule has 0 N–H and O–H groups in total. The van der Waals surface area contributed by atoms with Gasteiger partial charge in [-0.3, -0.25) is 0 Å². The second-order valence-electron chi connectivity index (χ2n) is 3.37. The number of ether oxygens (including phenoxy) is 1. The van der Waals surface area contributed by atoms with Crippen LogP contribution in [-0.4, -0.2) is 35.4 Å². The number of nitrogens with zero attached hydrogens (tertiary/aromatic N) is 1. The molecule has 1 amide bonds. The zero-order valence-electron chi connectivity index (χ0n) is 7.54. The molecule has 0 aromatic carbocycles. The Morgan fingerprint density at radius 2 is 2.42 bits per heavy atom. The van der Waals surface area contributed by atoms with Gasteiger partial charge in [-0.15, -0.1) is 0 Å². The standard InChI is InChI=1S/C8H15NO2S/c1-3-11-7(10)9-5-4-8(2,12)6-9/h12H,3-6H2,1-2H3. The summed E-state index contributed by atoms with van der Waals surface area (Å²) in [5.41, 5.74) is 0. The highest BCUT2D eigenvalue weighted by Crippen LogP contribution is 2.27. The number of hydrogen-bond acceptors (Lipinski definition) is 3. The molecule has 1 aliphatic heterocycles. The average Bonchev–Trinajstić information content (AvgIpc) is 2.31. The summed E-state index contributed by atoms with van der Waals surface area (Å²) < 4.78 is 4.84. The van der Waals surface area contributed by atoms with Crippen LogP contribution >= 0.6 is 12.6 Å². The van der Waals surface area contributed by atoms with E-state index in [1.165, 1.54) is 0 Å². The molecule has 4 heteroatoms. The van der Waals surface area contributed by atoms with E-state index in [0.717, 1.165) is 13.0 Å². The number of amides is 1. The third-order valence-electron chi connectivity index (χ3n) is 1.98. The Bertz CT molecular complexity index is 182. The summed E-state index contributed by atoms with van der Waals surface area (Å²) in [4.78, 5) is 12.9. The summed E-state index contributed by atoms with van der Waals surface area (Å²) in [7, 11) is 0. The van der Waals surface area contributed by atoms with Crippen LogP contribution < -0.4 is 0 Å². The molecule has 1 fully saturated rings. The van der Waals surface area contributed by atoms with Crippen LogP contribution in [0.2, 0.25) is 0 Å². The van der Waals surface area contributed by atoms with E-state index in [2.05, 4.69) is 12.6 Å². The number of carbonyl (C=O) groups excluding carboxylic acids is 1. The van der Waals surface area contributed by atoms with Crippen LogP contribution in [0.4, 0.5) is 4.79 Å². The maximum absolute atomic E-state index is 11.2. The Kier molecular flexibility index (Phi) is 2.88. The SMILES string of the molecule is CCOC(=O)N1CCC(C)(S)C1. The number of hydrogen-bond donors (Lipinski definition) is 1. The fraction of sp³-hybridized carbons (Fsp3) is 0.875. The van der Waals surface area contributed by atoms with Crippen molar-refractivity contribution in [2.24, 2.45) is 0 Å². The fourth-order valence-electron chi connectivity index (χ4n) is 1.32. The van der Waals surface area contributed by atoms with Crippen LogP contribution in [0.3, 0.4) is 0 Å². The first-order valence-corrected chi connectivity index (χ1v) is 4.64. The molecule has 1 aliphatic rings. The van der Waals surface area contributed by atoms with Gasteiger partial charge in [-0.05, 0) is 20.3 Å². The van der Waals surface area contributed by atoms with Crippen molar-refractivity contribution < 1.29 is 9.53 Å². The van der Waals surface area contributed by atoms with Crippen molar-refractivity contribution in [3.63, 3.8) is 0 Å². The normalized spacial score (nSPS) is 29.1. The number of rotatable bonds is 1. The van der Waals surface area contributed by atoms with E-state index in [4.69, 9.17) is 4.74 Å². The summed E-state index contributed by atoms with van der Waals surface area (Å²) in [5.74, 6) is 0. The lowest BCUT2D eigenvalue weighted by atomic mass is 10.1. The second kappa shape index (κ2) is 3.56. The molecular formula is C8H15NO2S. The maximum atomic E-state index is 11.2. The zero-order valence-corrected chi connectivity index (χ0v) is 8.43. The summed E-state index contributed by atoms with van der Waals surface area (Å²) in [5, 5.41) is 0. The average molecular weight is 189 g/mol. The molecule has 1 rings (SSSR count). The smallest absolute Gasteiger partial charge is 0.409 e. The first kappa shape index (κ1) is 9.71. The largest absolute Gasteiger partial charge is 0.450 e. The Balaban J connectivity index is 2.41. The highest BCUT2D eigenvalue weighted by Gasteiger charge is 2.33. The summed E-state index contributed by atoms with van der Waals surface area (Å²) in [6.45, 7) is 5.75. The topological polar surface area (TPSA) is 29.5 Å². The molecule has 0 bridgehead atoms. The molecule has 0 spiro atoms. The van der Waals surface area contributed by atoms with Gasteiger partial charge in [0, 0.05) is 17.8 Å². The van der Waals surface area contributed by atoms with E-state index >= 15 is 0 Å². The van der Waals surface area contributed by atoms with Crippen molar-refractivity contribution in [3.05, 3.63) is 0 Å². The van der Waals surface area contributed by atoms with Gasteiger partial charge in [-0.1, -0.05) is 0 Å². The lowest BCUT2D eigenvalue weighted by Crippen LogP contribution is -2.31. The monoisotopic (exact) mass is 189 g/mol. The highest BCUT2D eigenvalue weighted by molar-refractivity contribution is 7.81. The molecule has 1 heterocycles. The van der Waals surface area contributed by atoms with E-state index in [0.29, 0.717) is 13.2 Å². The molecule has 0 aromatic rings. The van der Waals surface area contributed by atoms with Crippen LogP contribution in [0.25, 0.3) is 0 Å². The number of thiol groups is 1. The Labute approximate surface area is 78.5 Å². The molecule has 1 unspecified atom stereocenters. The van der Waals surface area contributed by atoms with Crippen molar-refractivity contribution in [1.82, 2.24) is 4.90 Å². The molecule has 0 aliphatic carbocycles. The summed E-state index contributed by atoms with van der Waals surface area (Å²) in [6, 6.07) is 0. The minimum atomic E-state index is -0.213. The Hall–Kier alpha value is -0.380. The Morgan fingerprint density at radius 1 is 1.75 bits per heavy atom. The lowest BCUT2D eigenvalue weighted by molar-refractivity contribution is 0.115. The van der Waals surface area contributed by atoms with Gasteiger partial charge < -0.3 is 9.64 Å². The van der Waals surface area contributed by atoms with Gasteiger partial charge in [-0.2, -0.15) is 12.6 Å². The van der Waals surface area contributed by atoms with Gasteiger partial charge in [0.1, 0.15) is 0 Å². The maximum Gasteiger partial charge on any atom is 0.409 e. The molecule has 12 heavy (non-hydrogen) atoms. The van der Waals surface area contributed by atoms with Gasteiger partial charge in [0.15, 0.2) is 0 Å². The molecule has 0 saturated carbocycles. The zero-order chi connectivity index (χ0) is 9.19.